The molecule has 0 spiro atoms. The first-order valence-corrected chi connectivity index (χ1v) is 20.3. The average Bonchev–Trinajstić information content (AvgIpc) is 3.15. The van der Waals surface area contributed by atoms with Crippen LogP contribution in [0.15, 0.2) is 0 Å². The van der Waals surface area contributed by atoms with Crippen molar-refractivity contribution in [2.24, 2.45) is 0 Å². The van der Waals surface area contributed by atoms with E-state index >= 15 is 0 Å². The van der Waals surface area contributed by atoms with Gasteiger partial charge in [0.2, 0.25) is 0 Å². The molecule has 26 heteroatoms. The van der Waals surface area contributed by atoms with Crippen molar-refractivity contribution >= 4 is 75.6 Å². The van der Waals surface area contributed by atoms with E-state index in [2.05, 4.69) is 15.9 Å². The van der Waals surface area contributed by atoms with Gasteiger partial charge >= 0.3 is 59.7 Å². The van der Waals surface area contributed by atoms with Gasteiger partial charge in [0.05, 0.1) is 0 Å². The fourth-order valence-electron chi connectivity index (χ4n) is 6.74. The molecule has 64 heavy (non-hydrogen) atoms. The first-order chi connectivity index (χ1) is 29.9. The van der Waals surface area contributed by atoms with Crippen molar-refractivity contribution in [3.8, 4) is 0 Å². The third kappa shape index (κ3) is 15.9. The highest BCUT2D eigenvalue weighted by atomic mass is 79.9. The molecule has 25 nitrogen and oxygen atoms in total. The van der Waals surface area contributed by atoms with Crippen LogP contribution in [0.4, 0.5) is 0 Å². The highest BCUT2D eigenvalue weighted by Crippen LogP contribution is 2.38. The summed E-state index contributed by atoms with van der Waals surface area (Å²) in [5.74, 6) is -9.19. The minimum Gasteiger partial charge on any atom is -0.463 e. The summed E-state index contributed by atoms with van der Waals surface area (Å²) >= 11 is 3.24. The number of esters is 10. The Hall–Kier alpha value is -5.02. The summed E-state index contributed by atoms with van der Waals surface area (Å²) in [7, 11) is 0. The first kappa shape index (κ1) is 53.3. The zero-order chi connectivity index (χ0) is 48.2. The quantitative estimate of drug-likeness (QED) is 0.101. The van der Waals surface area contributed by atoms with Gasteiger partial charge in [0.1, 0.15) is 50.3 Å². The molecule has 0 saturated carbocycles. The minimum atomic E-state index is -1.96. The van der Waals surface area contributed by atoms with E-state index in [1.54, 1.807) is 0 Å². The van der Waals surface area contributed by atoms with Gasteiger partial charge < -0.3 is 71.1 Å². The standard InChI is InChI=1S/C38H51BrO25/c1-14(40)50-11-24-28(30(54-18(5)44)33(36(39)60-24)57-21(8)47)63-38-35(59-23(10)49)32(56-20(7)46)29(26(62-38)13-52-16(3)42)64-37-34(58-22(9)48)31(55-19(6)45)27(53-17(4)43)25(61-37)12-51-15(2)41/h24-38H,11-13H2,1-10H3. The number of rotatable bonds is 17. The van der Waals surface area contributed by atoms with Crippen molar-refractivity contribution in [1.29, 1.82) is 0 Å². The SMILES string of the molecule is CC(=O)OCC1OC(Br)C(OC(C)=O)C(OC(C)=O)C1OC1OC(COC(C)=O)C(OC2OC(COC(C)=O)C(OC(C)=O)C(OC(C)=O)C2OC(C)=O)C(OC(C)=O)C1OC(C)=O. The van der Waals surface area contributed by atoms with Crippen LogP contribution in [0.1, 0.15) is 69.2 Å². The summed E-state index contributed by atoms with van der Waals surface area (Å²) in [5.41, 5.74) is 0. The third-order valence-corrected chi connectivity index (χ3v) is 9.55. The summed E-state index contributed by atoms with van der Waals surface area (Å²) < 4.78 is 85.4. The molecule has 3 saturated heterocycles. The van der Waals surface area contributed by atoms with E-state index in [1.807, 2.05) is 0 Å². The molecule has 3 aliphatic heterocycles. The van der Waals surface area contributed by atoms with Crippen LogP contribution in [0.25, 0.3) is 0 Å². The number of carbonyl (C=O) groups excluding carboxylic acids is 10. The largest absolute Gasteiger partial charge is 0.463 e. The van der Waals surface area contributed by atoms with Gasteiger partial charge in [-0.15, -0.1) is 0 Å². The smallest absolute Gasteiger partial charge is 0.303 e. The average molecular weight is 988 g/mol. The van der Waals surface area contributed by atoms with Gasteiger partial charge in [-0.05, 0) is 0 Å². The number of carbonyl (C=O) groups is 10. The number of halogens is 1. The molecular formula is C38H51BrO25. The zero-order valence-corrected chi connectivity index (χ0v) is 38.0. The van der Waals surface area contributed by atoms with E-state index in [-0.39, 0.29) is 0 Å². The van der Waals surface area contributed by atoms with E-state index in [9.17, 15) is 47.9 Å². The molecule has 3 aliphatic rings. The molecule has 0 aromatic rings. The van der Waals surface area contributed by atoms with Gasteiger partial charge in [-0.3, -0.25) is 47.9 Å². The Bertz CT molecular complexity index is 1740. The van der Waals surface area contributed by atoms with Crippen LogP contribution in [-0.2, 0) is 119 Å². The van der Waals surface area contributed by atoms with Crippen LogP contribution >= 0.6 is 15.9 Å². The molecule has 15 atom stereocenters. The van der Waals surface area contributed by atoms with E-state index in [4.69, 9.17) is 71.1 Å². The Labute approximate surface area is 373 Å². The number of ether oxygens (including phenoxy) is 15. The van der Waals surface area contributed by atoms with Crippen LogP contribution in [0, 0.1) is 0 Å². The number of alkyl halides is 1. The second-order valence-electron chi connectivity index (χ2n) is 14.2. The maximum Gasteiger partial charge on any atom is 0.303 e. The molecule has 0 aromatic heterocycles. The van der Waals surface area contributed by atoms with Crippen LogP contribution in [0.2, 0.25) is 0 Å². The highest BCUT2D eigenvalue weighted by Gasteiger charge is 2.59. The lowest BCUT2D eigenvalue weighted by atomic mass is 9.95. The maximum absolute atomic E-state index is 12.9. The predicted molar refractivity (Wildman–Crippen MR) is 203 cm³/mol. The lowest BCUT2D eigenvalue weighted by molar-refractivity contribution is -0.372. The van der Waals surface area contributed by atoms with Crippen LogP contribution in [-0.4, -0.2) is 170 Å². The first-order valence-electron chi connectivity index (χ1n) is 19.4. The van der Waals surface area contributed by atoms with Gasteiger partial charge in [-0.2, -0.15) is 0 Å². The summed E-state index contributed by atoms with van der Waals surface area (Å²) in [4.78, 5) is 124. The van der Waals surface area contributed by atoms with E-state index < -0.39 is 170 Å². The molecule has 3 fully saturated rings. The molecule has 0 aliphatic carbocycles. The Morgan fingerprint density at radius 3 is 0.906 bits per heavy atom. The van der Waals surface area contributed by atoms with Crippen LogP contribution in [0.3, 0.4) is 0 Å². The number of hydrogen-bond donors (Lipinski definition) is 0. The van der Waals surface area contributed by atoms with E-state index in [0.29, 0.717) is 0 Å². The fourth-order valence-corrected chi connectivity index (χ4v) is 7.43. The minimum absolute atomic E-state index is 0.573. The predicted octanol–water partition coefficient (Wildman–Crippen LogP) is -0.462. The second kappa shape index (κ2) is 24.3. The molecule has 360 valence electrons. The number of hydrogen-bond acceptors (Lipinski definition) is 25. The third-order valence-electron chi connectivity index (χ3n) is 8.81. The Morgan fingerprint density at radius 1 is 0.328 bits per heavy atom. The monoisotopic (exact) mass is 986 g/mol. The van der Waals surface area contributed by atoms with Crippen LogP contribution < -0.4 is 0 Å². The van der Waals surface area contributed by atoms with Gasteiger partial charge in [-0.1, -0.05) is 15.9 Å². The van der Waals surface area contributed by atoms with Gasteiger partial charge in [0, 0.05) is 69.2 Å². The Balaban J connectivity index is 2.28. The molecule has 0 amide bonds. The molecule has 3 rings (SSSR count). The van der Waals surface area contributed by atoms with E-state index in [1.165, 1.54) is 0 Å². The summed E-state index contributed by atoms with van der Waals surface area (Å²) in [6, 6.07) is 0. The molecule has 0 N–H and O–H groups in total. The van der Waals surface area contributed by atoms with Crippen molar-refractivity contribution in [1.82, 2.24) is 0 Å². The topological polar surface area (TPSA) is 309 Å². The molecule has 0 bridgehead atoms. The van der Waals surface area contributed by atoms with Gasteiger partial charge in [0.25, 0.3) is 0 Å². The maximum atomic E-state index is 12.9. The summed E-state index contributed by atoms with van der Waals surface area (Å²) in [5, 5.41) is -1.21. The normalized spacial score (nSPS) is 32.3. The molecule has 0 radical (unpaired) electrons. The summed E-state index contributed by atoms with van der Waals surface area (Å²) in [6.45, 7) is 8.15. The van der Waals surface area contributed by atoms with Crippen LogP contribution in [0.5, 0.6) is 0 Å². The molecule has 0 aromatic carbocycles. The van der Waals surface area contributed by atoms with E-state index in [0.717, 1.165) is 69.2 Å². The fraction of sp³-hybridized carbons (Fsp3) is 0.737. The zero-order valence-electron chi connectivity index (χ0n) is 36.4. The molecule has 3 heterocycles. The van der Waals surface area contributed by atoms with Gasteiger partial charge in [-0.25, -0.2) is 0 Å². The molecular weight excluding hydrogens is 936 g/mol. The highest BCUT2D eigenvalue weighted by molar-refractivity contribution is 9.09. The Kier molecular flexibility index (Phi) is 20.3. The second-order valence-corrected chi connectivity index (χ2v) is 15.1. The lowest BCUT2D eigenvalue weighted by Gasteiger charge is -2.50. The van der Waals surface area contributed by atoms with Crippen molar-refractivity contribution in [3.05, 3.63) is 0 Å². The Morgan fingerprint density at radius 2 is 0.578 bits per heavy atom. The van der Waals surface area contributed by atoms with Crippen molar-refractivity contribution in [2.45, 2.75) is 160 Å². The van der Waals surface area contributed by atoms with Crippen molar-refractivity contribution in [3.63, 3.8) is 0 Å². The summed E-state index contributed by atoms with van der Waals surface area (Å²) in [6.07, 6.45) is -24.0. The van der Waals surface area contributed by atoms with Crippen molar-refractivity contribution < 1.29 is 119 Å². The lowest BCUT2D eigenvalue weighted by Crippen LogP contribution is -2.68. The van der Waals surface area contributed by atoms with Gasteiger partial charge in [0.15, 0.2) is 60.3 Å². The molecule has 15 unspecified atom stereocenters. The van der Waals surface area contributed by atoms with Crippen molar-refractivity contribution in [2.75, 3.05) is 19.8 Å².